The lowest BCUT2D eigenvalue weighted by Crippen LogP contribution is -2.31. The lowest BCUT2D eigenvalue weighted by molar-refractivity contribution is 0.215. The molecule has 1 aromatic carbocycles. The van der Waals surface area contributed by atoms with E-state index in [1.807, 2.05) is 0 Å². The summed E-state index contributed by atoms with van der Waals surface area (Å²) in [6.45, 7) is 2.37. The normalized spacial score (nSPS) is 29.2. The molecule has 0 amide bonds. The van der Waals surface area contributed by atoms with Gasteiger partial charge < -0.3 is 10.6 Å². The highest BCUT2D eigenvalue weighted by atomic mass is 79.9. The number of benzene rings is 1. The highest BCUT2D eigenvalue weighted by Crippen LogP contribution is 2.48. The van der Waals surface area contributed by atoms with E-state index in [-0.39, 0.29) is 6.04 Å². The van der Waals surface area contributed by atoms with E-state index in [4.69, 9.17) is 5.73 Å². The second-order valence-electron chi connectivity index (χ2n) is 7.14. The summed E-state index contributed by atoms with van der Waals surface area (Å²) in [5.41, 5.74) is 7.56. The minimum atomic E-state index is 0.153. The molecule has 2 fully saturated rings. The van der Waals surface area contributed by atoms with Gasteiger partial charge in [0, 0.05) is 17.1 Å². The first-order valence-electron chi connectivity index (χ1n) is 8.31. The van der Waals surface area contributed by atoms with Gasteiger partial charge in [0.1, 0.15) is 0 Å². The van der Waals surface area contributed by atoms with Crippen LogP contribution in [0, 0.1) is 17.8 Å². The number of halogens is 1. The van der Waals surface area contributed by atoms with Gasteiger partial charge in [-0.05, 0) is 74.7 Å². The van der Waals surface area contributed by atoms with Crippen molar-refractivity contribution in [1.82, 2.24) is 4.90 Å². The van der Waals surface area contributed by atoms with Crippen LogP contribution in [0.1, 0.15) is 43.7 Å². The fraction of sp³-hybridized carbons (Fsp3) is 0.667. The van der Waals surface area contributed by atoms with Crippen molar-refractivity contribution < 1.29 is 0 Å². The topological polar surface area (TPSA) is 29.3 Å². The summed E-state index contributed by atoms with van der Waals surface area (Å²) < 4.78 is 1.12. The maximum atomic E-state index is 6.32. The predicted molar refractivity (Wildman–Crippen MR) is 92.1 cm³/mol. The predicted octanol–water partition coefficient (Wildman–Crippen LogP) is 4.21. The first-order valence-corrected chi connectivity index (χ1v) is 9.10. The van der Waals surface area contributed by atoms with E-state index in [9.17, 15) is 0 Å². The molecule has 2 bridgehead atoms. The average Bonchev–Trinajstić information content (AvgIpc) is 3.08. The molecule has 3 rings (SSSR count). The third-order valence-corrected chi connectivity index (χ3v) is 6.08. The van der Waals surface area contributed by atoms with Crippen LogP contribution < -0.4 is 5.73 Å². The molecule has 0 aliphatic heterocycles. The van der Waals surface area contributed by atoms with E-state index in [1.165, 1.54) is 37.8 Å². The molecule has 0 heterocycles. The van der Waals surface area contributed by atoms with Crippen LogP contribution in [0.2, 0.25) is 0 Å². The van der Waals surface area contributed by atoms with Crippen LogP contribution in [0.4, 0.5) is 0 Å². The van der Waals surface area contributed by atoms with Crippen molar-refractivity contribution in [3.8, 4) is 0 Å². The summed E-state index contributed by atoms with van der Waals surface area (Å²) in [4.78, 5) is 2.50. The van der Waals surface area contributed by atoms with E-state index < -0.39 is 0 Å². The standard InChI is InChI=1S/C18H27BrN2/c1-21(12-16-11-13-2-3-15(16)10-13)9-8-18(20)14-4-6-17(19)7-5-14/h4-7,13,15-16,18H,2-3,8-12,20H2,1H3. The zero-order chi connectivity index (χ0) is 14.8. The van der Waals surface area contributed by atoms with E-state index in [1.54, 1.807) is 0 Å². The van der Waals surface area contributed by atoms with Gasteiger partial charge in [-0.25, -0.2) is 0 Å². The monoisotopic (exact) mass is 350 g/mol. The first kappa shape index (κ1) is 15.5. The molecular weight excluding hydrogens is 324 g/mol. The number of hydrogen-bond donors (Lipinski definition) is 1. The molecule has 0 saturated heterocycles. The van der Waals surface area contributed by atoms with Gasteiger partial charge in [0.15, 0.2) is 0 Å². The van der Waals surface area contributed by atoms with Crippen LogP contribution in [0.3, 0.4) is 0 Å². The first-order chi connectivity index (χ1) is 10.1. The Morgan fingerprint density at radius 3 is 2.62 bits per heavy atom. The lowest BCUT2D eigenvalue weighted by Gasteiger charge is -2.28. The molecule has 4 unspecified atom stereocenters. The maximum Gasteiger partial charge on any atom is 0.0307 e. The zero-order valence-corrected chi connectivity index (χ0v) is 14.6. The highest BCUT2D eigenvalue weighted by molar-refractivity contribution is 9.10. The van der Waals surface area contributed by atoms with Crippen LogP contribution in [-0.2, 0) is 0 Å². The molecule has 0 aromatic heterocycles. The summed E-state index contributed by atoms with van der Waals surface area (Å²) in [5.74, 6) is 3.04. The number of rotatable bonds is 6. The minimum Gasteiger partial charge on any atom is -0.324 e. The summed E-state index contributed by atoms with van der Waals surface area (Å²) in [5, 5.41) is 0. The Morgan fingerprint density at radius 2 is 2.00 bits per heavy atom. The summed E-state index contributed by atoms with van der Waals surface area (Å²) >= 11 is 3.47. The third-order valence-electron chi connectivity index (χ3n) is 5.55. The molecule has 4 atom stereocenters. The van der Waals surface area contributed by atoms with Crippen molar-refractivity contribution >= 4 is 15.9 Å². The van der Waals surface area contributed by atoms with Crippen LogP contribution in [0.15, 0.2) is 28.7 Å². The van der Waals surface area contributed by atoms with Crippen LogP contribution >= 0.6 is 15.9 Å². The molecule has 2 saturated carbocycles. The molecule has 1 aromatic rings. The zero-order valence-electron chi connectivity index (χ0n) is 13.0. The van der Waals surface area contributed by atoms with E-state index in [2.05, 4.69) is 52.1 Å². The van der Waals surface area contributed by atoms with Crippen molar-refractivity contribution in [2.75, 3.05) is 20.1 Å². The molecular formula is C18H27BrN2. The van der Waals surface area contributed by atoms with Gasteiger partial charge in [0.25, 0.3) is 0 Å². The quantitative estimate of drug-likeness (QED) is 0.832. The molecule has 0 spiro atoms. The lowest BCUT2D eigenvalue weighted by atomic mass is 9.88. The summed E-state index contributed by atoms with van der Waals surface area (Å²) in [6, 6.07) is 8.57. The summed E-state index contributed by atoms with van der Waals surface area (Å²) in [7, 11) is 2.26. The number of nitrogens with two attached hydrogens (primary N) is 1. The van der Waals surface area contributed by atoms with Gasteiger partial charge in [-0.3, -0.25) is 0 Å². The second-order valence-corrected chi connectivity index (χ2v) is 8.06. The van der Waals surface area contributed by atoms with Gasteiger partial charge in [-0.2, -0.15) is 0 Å². The third kappa shape index (κ3) is 3.88. The Balaban J connectivity index is 1.43. The summed E-state index contributed by atoms with van der Waals surface area (Å²) in [6.07, 6.45) is 7.02. The van der Waals surface area contributed by atoms with Crippen molar-refractivity contribution in [3.05, 3.63) is 34.3 Å². The Morgan fingerprint density at radius 1 is 1.24 bits per heavy atom. The van der Waals surface area contributed by atoms with Crippen molar-refractivity contribution in [1.29, 1.82) is 0 Å². The van der Waals surface area contributed by atoms with Gasteiger partial charge in [-0.1, -0.05) is 34.5 Å². The molecule has 0 radical (unpaired) electrons. The largest absolute Gasteiger partial charge is 0.324 e. The van der Waals surface area contributed by atoms with Crippen molar-refractivity contribution in [2.45, 2.75) is 38.1 Å². The molecule has 116 valence electrons. The van der Waals surface area contributed by atoms with E-state index >= 15 is 0 Å². The second kappa shape index (κ2) is 6.80. The molecule has 2 aliphatic carbocycles. The van der Waals surface area contributed by atoms with Crippen LogP contribution in [0.25, 0.3) is 0 Å². The number of hydrogen-bond acceptors (Lipinski definition) is 2. The number of nitrogens with zero attached hydrogens (tertiary/aromatic N) is 1. The van der Waals surface area contributed by atoms with E-state index in [0.29, 0.717) is 0 Å². The fourth-order valence-electron chi connectivity index (χ4n) is 4.33. The van der Waals surface area contributed by atoms with Crippen molar-refractivity contribution in [2.24, 2.45) is 23.5 Å². The molecule has 2 nitrogen and oxygen atoms in total. The SMILES string of the molecule is CN(CCC(N)c1ccc(Br)cc1)CC1CC2CCC1C2. The van der Waals surface area contributed by atoms with Gasteiger partial charge in [-0.15, -0.1) is 0 Å². The Labute approximate surface area is 137 Å². The van der Waals surface area contributed by atoms with Gasteiger partial charge >= 0.3 is 0 Å². The number of fused-ring (bicyclic) bond motifs is 2. The highest BCUT2D eigenvalue weighted by Gasteiger charge is 2.39. The average molecular weight is 351 g/mol. The van der Waals surface area contributed by atoms with Gasteiger partial charge in [0.05, 0.1) is 0 Å². The smallest absolute Gasteiger partial charge is 0.0307 e. The Bertz CT molecular complexity index is 459. The van der Waals surface area contributed by atoms with Crippen LogP contribution in [0.5, 0.6) is 0 Å². The molecule has 2 N–H and O–H groups in total. The van der Waals surface area contributed by atoms with Gasteiger partial charge in [0.2, 0.25) is 0 Å². The Hall–Kier alpha value is -0.380. The minimum absolute atomic E-state index is 0.153. The van der Waals surface area contributed by atoms with Crippen LogP contribution in [-0.4, -0.2) is 25.0 Å². The van der Waals surface area contributed by atoms with Crippen molar-refractivity contribution in [3.63, 3.8) is 0 Å². The fourth-order valence-corrected chi connectivity index (χ4v) is 4.59. The molecule has 3 heteroatoms. The maximum absolute atomic E-state index is 6.32. The molecule has 21 heavy (non-hydrogen) atoms. The molecule has 2 aliphatic rings. The van der Waals surface area contributed by atoms with E-state index in [0.717, 1.165) is 35.2 Å². The Kier molecular flexibility index (Phi) is 5.03.